The van der Waals surface area contributed by atoms with E-state index in [1.807, 2.05) is 0 Å². The molecule has 5 rings (SSSR count). The van der Waals surface area contributed by atoms with Gasteiger partial charge in [-0.1, -0.05) is 43.7 Å². The molecule has 2 heteroatoms. The second-order valence-corrected chi connectivity index (χ2v) is 13.5. The molecule has 0 saturated heterocycles. The van der Waals surface area contributed by atoms with Gasteiger partial charge in [-0.25, -0.2) is 0 Å². The van der Waals surface area contributed by atoms with Crippen molar-refractivity contribution in [3.63, 3.8) is 0 Å². The van der Waals surface area contributed by atoms with E-state index >= 15 is 0 Å². The highest BCUT2D eigenvalue weighted by atomic mass is 35.6. The normalized spacial score (nSPS) is 25.5. The zero-order chi connectivity index (χ0) is 18.4. The highest BCUT2D eigenvalue weighted by Crippen LogP contribution is 2.48. The summed E-state index contributed by atoms with van der Waals surface area (Å²) in [5, 5.41) is 3.12. The van der Waals surface area contributed by atoms with Gasteiger partial charge < -0.3 is 0 Å². The van der Waals surface area contributed by atoms with Crippen LogP contribution in [0.5, 0.6) is 0 Å². The zero-order valence-electron chi connectivity index (χ0n) is 16.3. The Kier molecular flexibility index (Phi) is 3.34. The van der Waals surface area contributed by atoms with Crippen LogP contribution in [0, 0.1) is 5.92 Å². The van der Waals surface area contributed by atoms with Gasteiger partial charge in [0, 0.05) is 5.92 Å². The Morgan fingerprint density at radius 2 is 1.73 bits per heavy atom. The molecule has 2 aromatic carbocycles. The van der Waals surface area contributed by atoms with Crippen LogP contribution < -0.4 is 10.4 Å². The van der Waals surface area contributed by atoms with Gasteiger partial charge in [0.25, 0.3) is 0 Å². The highest BCUT2D eigenvalue weighted by molar-refractivity contribution is 7.44. The number of hydrogen-bond donors (Lipinski definition) is 0. The second-order valence-electron chi connectivity index (χ2n) is 8.26. The summed E-state index contributed by atoms with van der Waals surface area (Å²) in [7, 11) is -1.91. The van der Waals surface area contributed by atoms with E-state index in [4.69, 9.17) is 11.1 Å². The van der Waals surface area contributed by atoms with Gasteiger partial charge in [-0.15, -0.1) is 0 Å². The Morgan fingerprint density at radius 1 is 1.00 bits per heavy atom. The van der Waals surface area contributed by atoms with Crippen LogP contribution in [0.25, 0.3) is 16.7 Å². The fourth-order valence-corrected chi connectivity index (χ4v) is 10.1. The number of rotatable bonds is 2. The van der Waals surface area contributed by atoms with Crippen LogP contribution in [-0.4, -0.2) is 7.38 Å². The summed E-state index contributed by atoms with van der Waals surface area (Å²) >= 11 is 7.31. The Hall–Kier alpha value is -1.57. The lowest BCUT2D eigenvalue weighted by atomic mass is 9.89. The third-order valence-electron chi connectivity index (χ3n) is 7.26. The maximum Gasteiger partial charge on any atom is 0.217 e. The van der Waals surface area contributed by atoms with Gasteiger partial charge in [0.1, 0.15) is 0 Å². The minimum atomic E-state index is -1.91. The second kappa shape index (κ2) is 5.24. The number of hydrogen-bond acceptors (Lipinski definition) is 0. The monoisotopic (exact) mass is 376 g/mol. The average molecular weight is 377 g/mol. The van der Waals surface area contributed by atoms with Crippen molar-refractivity contribution in [3.05, 3.63) is 63.7 Å². The van der Waals surface area contributed by atoms with Crippen molar-refractivity contribution in [2.45, 2.75) is 47.1 Å². The molecule has 132 valence electrons. The Balaban J connectivity index is 1.79. The molecule has 0 radical (unpaired) electrons. The number of allylic oxidation sites excluding steroid dienone is 4. The van der Waals surface area contributed by atoms with Crippen LogP contribution in [0.3, 0.4) is 0 Å². The fourth-order valence-electron chi connectivity index (χ4n) is 5.39. The molecule has 2 aliphatic carbocycles. The maximum atomic E-state index is 7.31. The molecule has 2 aromatic rings. The third kappa shape index (κ3) is 1.86. The predicted molar refractivity (Wildman–Crippen MR) is 116 cm³/mol. The molecule has 0 saturated carbocycles. The number of benzene rings is 2. The van der Waals surface area contributed by atoms with E-state index in [0.717, 1.165) is 12.5 Å². The first-order chi connectivity index (χ1) is 12.4. The molecule has 0 nitrogen and oxygen atoms in total. The lowest BCUT2D eigenvalue weighted by Crippen LogP contribution is -2.21. The fraction of sp³-hybridized carbons (Fsp3) is 0.333. The molecule has 0 amide bonds. The first-order valence-corrected chi connectivity index (χ1v) is 13.0. The van der Waals surface area contributed by atoms with Crippen LogP contribution in [0.1, 0.15) is 51.3 Å². The van der Waals surface area contributed by atoms with E-state index in [2.05, 4.69) is 65.0 Å². The summed E-state index contributed by atoms with van der Waals surface area (Å²) in [5.41, 5.74) is 13.4. The molecule has 3 aliphatic rings. The third-order valence-corrected chi connectivity index (χ3v) is 12.6. The summed E-state index contributed by atoms with van der Waals surface area (Å²) in [4.78, 5) is 0. The van der Waals surface area contributed by atoms with E-state index in [1.54, 1.807) is 15.9 Å². The van der Waals surface area contributed by atoms with E-state index < -0.39 is 7.38 Å². The van der Waals surface area contributed by atoms with Gasteiger partial charge in [0.05, 0.1) is 0 Å². The van der Waals surface area contributed by atoms with Crippen molar-refractivity contribution >= 4 is 34.4 Å². The summed E-state index contributed by atoms with van der Waals surface area (Å²) in [6.45, 7) is 11.5. The Morgan fingerprint density at radius 3 is 2.38 bits per heavy atom. The molecule has 0 N–H and O–H groups in total. The Bertz CT molecular complexity index is 1060. The van der Waals surface area contributed by atoms with E-state index in [1.165, 1.54) is 44.5 Å². The van der Waals surface area contributed by atoms with Gasteiger partial charge in [-0.3, -0.25) is 0 Å². The average Bonchev–Trinajstić information content (AvgIpc) is 3.03. The standard InChI is InChI=1S/C24H25ClSi/c1-6-26(25)23-20-11-17-9-7-8-10-18(17)19(20)12-21(24(23)26)22-15(4)13(2)14(3)16(22)5/h7-10,12,15H,6,11H2,1-5H3. The zero-order valence-corrected chi connectivity index (χ0v) is 18.0. The van der Waals surface area contributed by atoms with Crippen molar-refractivity contribution in [2.24, 2.45) is 5.92 Å². The van der Waals surface area contributed by atoms with E-state index in [9.17, 15) is 0 Å². The molecular formula is C24H25ClSi. The molecule has 1 heterocycles. The van der Waals surface area contributed by atoms with Crippen molar-refractivity contribution in [1.82, 2.24) is 0 Å². The lowest BCUT2D eigenvalue weighted by molar-refractivity contribution is 0.896. The van der Waals surface area contributed by atoms with Gasteiger partial charge in [0.2, 0.25) is 7.38 Å². The van der Waals surface area contributed by atoms with E-state index in [0.29, 0.717) is 5.92 Å². The quantitative estimate of drug-likeness (QED) is 0.400. The van der Waals surface area contributed by atoms with Gasteiger partial charge in [0.15, 0.2) is 0 Å². The Labute approximate surface area is 162 Å². The van der Waals surface area contributed by atoms with E-state index in [-0.39, 0.29) is 0 Å². The summed E-state index contributed by atoms with van der Waals surface area (Å²) in [6.07, 6.45) is 1.07. The van der Waals surface area contributed by atoms with Crippen LogP contribution in [0.2, 0.25) is 6.04 Å². The topological polar surface area (TPSA) is 0 Å². The van der Waals surface area contributed by atoms with Gasteiger partial charge in [-0.05, 0) is 94.2 Å². The minimum Gasteiger partial charge on any atom is -0.155 e. The van der Waals surface area contributed by atoms with Crippen molar-refractivity contribution in [3.8, 4) is 11.1 Å². The molecule has 0 spiro atoms. The summed E-state index contributed by atoms with van der Waals surface area (Å²) in [5.74, 6) is 0.501. The summed E-state index contributed by atoms with van der Waals surface area (Å²) in [6, 6.07) is 12.5. The molecule has 1 aliphatic heterocycles. The van der Waals surface area contributed by atoms with Crippen LogP contribution in [0.4, 0.5) is 0 Å². The highest BCUT2D eigenvalue weighted by Gasteiger charge is 2.56. The minimum absolute atomic E-state index is 0.501. The summed E-state index contributed by atoms with van der Waals surface area (Å²) < 4.78 is 0. The first-order valence-electron chi connectivity index (χ1n) is 9.77. The predicted octanol–water partition coefficient (Wildman–Crippen LogP) is 5.65. The number of halogens is 1. The SMILES string of the molecule is CC[Si]1(Cl)c2c(C3=C(C)C(C)=C(C)C3C)cc3c(c21)Cc1ccccc1-3. The molecule has 26 heavy (non-hydrogen) atoms. The number of fused-ring (bicyclic) bond motifs is 5. The van der Waals surface area contributed by atoms with Crippen LogP contribution in [0.15, 0.2) is 47.1 Å². The molecule has 2 unspecified atom stereocenters. The maximum absolute atomic E-state index is 7.31. The molecule has 0 fully saturated rings. The van der Waals surface area contributed by atoms with Crippen molar-refractivity contribution < 1.29 is 0 Å². The smallest absolute Gasteiger partial charge is 0.155 e. The van der Waals surface area contributed by atoms with Crippen LogP contribution >= 0.6 is 11.1 Å². The molecule has 0 aromatic heterocycles. The lowest BCUT2D eigenvalue weighted by Gasteiger charge is -2.15. The van der Waals surface area contributed by atoms with Crippen molar-refractivity contribution in [1.29, 1.82) is 0 Å². The largest absolute Gasteiger partial charge is 0.217 e. The van der Waals surface area contributed by atoms with Gasteiger partial charge >= 0.3 is 0 Å². The molecular weight excluding hydrogens is 352 g/mol. The first kappa shape index (κ1) is 16.6. The molecule has 2 atom stereocenters. The van der Waals surface area contributed by atoms with Crippen LogP contribution in [-0.2, 0) is 6.42 Å². The molecule has 0 bridgehead atoms. The van der Waals surface area contributed by atoms with Gasteiger partial charge in [-0.2, -0.15) is 11.1 Å². The van der Waals surface area contributed by atoms with Crippen molar-refractivity contribution in [2.75, 3.05) is 0 Å².